The molecule has 0 amide bonds. The molecule has 0 fully saturated rings. The van der Waals surface area contributed by atoms with E-state index in [9.17, 15) is 0 Å². The molecule has 78 valence electrons. The number of halogens is 1. The fourth-order valence-corrected chi connectivity index (χ4v) is 1.45. The van der Waals surface area contributed by atoms with E-state index in [4.69, 9.17) is 27.2 Å². The molecule has 0 radical (unpaired) electrons. The Hall–Kier alpha value is -0.770. The SMILES string of the molecule is COc1cc(Cl)ccc1C(N)CCO. The Kier molecular flexibility index (Phi) is 4.20. The molecule has 1 rings (SSSR count). The Labute approximate surface area is 88.4 Å². The molecule has 14 heavy (non-hydrogen) atoms. The van der Waals surface area contributed by atoms with Crippen LogP contribution in [0.1, 0.15) is 18.0 Å². The van der Waals surface area contributed by atoms with Crippen molar-refractivity contribution >= 4 is 11.6 Å². The second-order valence-electron chi connectivity index (χ2n) is 3.01. The highest BCUT2D eigenvalue weighted by Gasteiger charge is 2.11. The standard InChI is InChI=1S/C10H14ClNO2/c1-14-10-6-7(11)2-3-8(10)9(12)4-5-13/h2-3,6,9,13H,4-5,12H2,1H3. The summed E-state index contributed by atoms with van der Waals surface area (Å²) in [7, 11) is 1.57. The molecule has 0 saturated heterocycles. The van der Waals surface area contributed by atoms with Gasteiger partial charge in [-0.2, -0.15) is 0 Å². The van der Waals surface area contributed by atoms with Crippen LogP contribution in [0.5, 0.6) is 5.75 Å². The van der Waals surface area contributed by atoms with Crippen molar-refractivity contribution in [1.29, 1.82) is 0 Å². The quantitative estimate of drug-likeness (QED) is 0.805. The molecule has 0 aromatic heterocycles. The molecule has 0 bridgehead atoms. The number of aliphatic hydroxyl groups is 1. The maximum atomic E-state index is 8.77. The lowest BCUT2D eigenvalue weighted by Crippen LogP contribution is -2.13. The minimum absolute atomic E-state index is 0.0624. The van der Waals surface area contributed by atoms with Crippen LogP contribution in [0.15, 0.2) is 18.2 Å². The summed E-state index contributed by atoms with van der Waals surface area (Å²) in [6, 6.07) is 5.08. The van der Waals surface area contributed by atoms with Crippen molar-refractivity contribution in [3.63, 3.8) is 0 Å². The highest BCUT2D eigenvalue weighted by Crippen LogP contribution is 2.28. The van der Waals surface area contributed by atoms with Gasteiger partial charge in [-0.15, -0.1) is 0 Å². The lowest BCUT2D eigenvalue weighted by molar-refractivity contribution is 0.275. The van der Waals surface area contributed by atoms with Crippen LogP contribution in [-0.4, -0.2) is 18.8 Å². The molecule has 1 atom stereocenters. The van der Waals surface area contributed by atoms with Crippen molar-refractivity contribution in [1.82, 2.24) is 0 Å². The highest BCUT2D eigenvalue weighted by molar-refractivity contribution is 6.30. The van der Waals surface area contributed by atoms with E-state index in [1.165, 1.54) is 0 Å². The molecule has 0 aliphatic carbocycles. The average Bonchev–Trinajstić information content (AvgIpc) is 2.17. The van der Waals surface area contributed by atoms with E-state index in [2.05, 4.69) is 0 Å². The molecule has 3 nitrogen and oxygen atoms in total. The Bertz CT molecular complexity index is 304. The number of hydrogen-bond acceptors (Lipinski definition) is 3. The van der Waals surface area contributed by atoms with Gasteiger partial charge < -0.3 is 15.6 Å². The van der Waals surface area contributed by atoms with Gasteiger partial charge in [-0.3, -0.25) is 0 Å². The molecule has 0 spiro atoms. The van der Waals surface area contributed by atoms with E-state index < -0.39 is 0 Å². The van der Waals surface area contributed by atoms with Gasteiger partial charge in [0.25, 0.3) is 0 Å². The van der Waals surface area contributed by atoms with Crippen molar-refractivity contribution in [2.75, 3.05) is 13.7 Å². The topological polar surface area (TPSA) is 55.5 Å². The monoisotopic (exact) mass is 215 g/mol. The normalized spacial score (nSPS) is 12.6. The minimum atomic E-state index is -0.216. The number of benzene rings is 1. The maximum absolute atomic E-state index is 8.77. The maximum Gasteiger partial charge on any atom is 0.125 e. The molecule has 1 aromatic rings. The molecule has 1 aromatic carbocycles. The number of methoxy groups -OCH3 is 1. The first kappa shape index (κ1) is 11.3. The summed E-state index contributed by atoms with van der Waals surface area (Å²) in [5, 5.41) is 9.38. The lowest BCUT2D eigenvalue weighted by atomic mass is 10.0. The molecule has 4 heteroatoms. The van der Waals surface area contributed by atoms with Gasteiger partial charge >= 0.3 is 0 Å². The van der Waals surface area contributed by atoms with Crippen LogP contribution in [0.25, 0.3) is 0 Å². The number of rotatable bonds is 4. The summed E-state index contributed by atoms with van der Waals surface area (Å²) in [4.78, 5) is 0. The number of ether oxygens (including phenoxy) is 1. The van der Waals surface area contributed by atoms with E-state index in [-0.39, 0.29) is 12.6 Å². The zero-order chi connectivity index (χ0) is 10.6. The van der Waals surface area contributed by atoms with E-state index in [1.54, 1.807) is 19.2 Å². The van der Waals surface area contributed by atoms with Crippen LogP contribution < -0.4 is 10.5 Å². The van der Waals surface area contributed by atoms with E-state index >= 15 is 0 Å². The van der Waals surface area contributed by atoms with Gasteiger partial charge in [0.1, 0.15) is 5.75 Å². The Morgan fingerprint density at radius 1 is 1.57 bits per heavy atom. The van der Waals surface area contributed by atoms with Crippen molar-refractivity contribution in [2.45, 2.75) is 12.5 Å². The van der Waals surface area contributed by atoms with Crippen LogP contribution >= 0.6 is 11.6 Å². The smallest absolute Gasteiger partial charge is 0.125 e. The van der Waals surface area contributed by atoms with Gasteiger partial charge in [0.15, 0.2) is 0 Å². The second-order valence-corrected chi connectivity index (χ2v) is 3.44. The van der Waals surface area contributed by atoms with Gasteiger partial charge in [-0.05, 0) is 18.6 Å². The summed E-state index contributed by atoms with van der Waals surface area (Å²) in [6.45, 7) is 0.0624. The summed E-state index contributed by atoms with van der Waals surface area (Å²) in [5.74, 6) is 0.665. The third-order valence-corrected chi connectivity index (χ3v) is 2.27. The first-order valence-electron chi connectivity index (χ1n) is 4.39. The summed E-state index contributed by atoms with van der Waals surface area (Å²) >= 11 is 5.81. The van der Waals surface area contributed by atoms with Gasteiger partial charge in [0, 0.05) is 23.2 Å². The Morgan fingerprint density at radius 2 is 2.29 bits per heavy atom. The average molecular weight is 216 g/mol. The van der Waals surface area contributed by atoms with E-state index in [0.29, 0.717) is 17.2 Å². The van der Waals surface area contributed by atoms with Crippen LogP contribution in [-0.2, 0) is 0 Å². The predicted octanol–water partition coefficient (Wildman–Crippen LogP) is 1.73. The van der Waals surface area contributed by atoms with Crippen molar-refractivity contribution in [3.8, 4) is 5.75 Å². The Balaban J connectivity index is 2.95. The van der Waals surface area contributed by atoms with Crippen molar-refractivity contribution in [3.05, 3.63) is 28.8 Å². The third kappa shape index (κ3) is 2.61. The first-order valence-corrected chi connectivity index (χ1v) is 4.76. The summed E-state index contributed by atoms with van der Waals surface area (Å²) in [5.41, 5.74) is 6.72. The summed E-state index contributed by atoms with van der Waals surface area (Å²) < 4.78 is 5.15. The zero-order valence-corrected chi connectivity index (χ0v) is 8.79. The number of hydrogen-bond donors (Lipinski definition) is 2. The third-order valence-electron chi connectivity index (χ3n) is 2.04. The molecule has 0 aliphatic rings. The van der Waals surface area contributed by atoms with Gasteiger partial charge in [0.2, 0.25) is 0 Å². The van der Waals surface area contributed by atoms with Crippen LogP contribution in [0, 0.1) is 0 Å². The zero-order valence-electron chi connectivity index (χ0n) is 8.03. The lowest BCUT2D eigenvalue weighted by Gasteiger charge is -2.14. The first-order chi connectivity index (χ1) is 6.69. The highest BCUT2D eigenvalue weighted by atomic mass is 35.5. The van der Waals surface area contributed by atoms with Gasteiger partial charge in [-0.25, -0.2) is 0 Å². The van der Waals surface area contributed by atoms with Crippen molar-refractivity contribution in [2.24, 2.45) is 5.73 Å². The molecule has 3 N–H and O–H groups in total. The number of nitrogens with two attached hydrogens (primary N) is 1. The molecule has 0 aliphatic heterocycles. The second kappa shape index (κ2) is 5.20. The van der Waals surface area contributed by atoms with Crippen LogP contribution in [0.3, 0.4) is 0 Å². The minimum Gasteiger partial charge on any atom is -0.496 e. The fraction of sp³-hybridized carbons (Fsp3) is 0.400. The Morgan fingerprint density at radius 3 is 2.86 bits per heavy atom. The number of aliphatic hydroxyl groups excluding tert-OH is 1. The molecular formula is C10H14ClNO2. The van der Waals surface area contributed by atoms with Gasteiger partial charge in [0.05, 0.1) is 7.11 Å². The largest absolute Gasteiger partial charge is 0.496 e. The van der Waals surface area contributed by atoms with Crippen LogP contribution in [0.4, 0.5) is 0 Å². The molecule has 0 heterocycles. The summed E-state index contributed by atoms with van der Waals surface area (Å²) in [6.07, 6.45) is 0.512. The molecule has 1 unspecified atom stereocenters. The van der Waals surface area contributed by atoms with Gasteiger partial charge in [-0.1, -0.05) is 17.7 Å². The van der Waals surface area contributed by atoms with E-state index in [0.717, 1.165) is 5.56 Å². The van der Waals surface area contributed by atoms with Crippen LogP contribution in [0.2, 0.25) is 5.02 Å². The van der Waals surface area contributed by atoms with Crippen molar-refractivity contribution < 1.29 is 9.84 Å². The molecule has 0 saturated carbocycles. The molecular weight excluding hydrogens is 202 g/mol. The van der Waals surface area contributed by atoms with E-state index in [1.807, 2.05) is 6.07 Å². The predicted molar refractivity (Wildman–Crippen MR) is 56.6 cm³/mol. The fourth-order valence-electron chi connectivity index (χ4n) is 1.29.